The number of pyridine rings is 1. The largest absolute Gasteiger partial charge is 0.453 e. The number of nitrogens with two attached hydrogens (primary N) is 1. The fourth-order valence-electron chi connectivity index (χ4n) is 3.82. The van der Waals surface area contributed by atoms with Gasteiger partial charge >= 0.3 is 0 Å². The number of nitrogens with zero attached hydrogens (tertiary/aromatic N) is 4. The number of nitrogens with one attached hydrogen (secondary N) is 1. The first-order chi connectivity index (χ1) is 19.0. The second-order valence-corrected chi connectivity index (χ2v) is 11.5. The summed E-state index contributed by atoms with van der Waals surface area (Å²) in [5.41, 5.74) is 7.23. The Balaban J connectivity index is 1.52. The van der Waals surface area contributed by atoms with Crippen molar-refractivity contribution >= 4 is 33.8 Å². The lowest BCUT2D eigenvalue weighted by atomic mass is 10.1. The predicted octanol–water partition coefficient (Wildman–Crippen LogP) is 4.76. The average Bonchev–Trinajstić information content (AvgIpc) is 3.41. The summed E-state index contributed by atoms with van der Waals surface area (Å²) in [5, 5.41) is 7.38. The van der Waals surface area contributed by atoms with Crippen molar-refractivity contribution in [1.82, 2.24) is 20.1 Å². The van der Waals surface area contributed by atoms with Gasteiger partial charge in [-0.05, 0) is 75.2 Å². The van der Waals surface area contributed by atoms with Gasteiger partial charge in [-0.2, -0.15) is 5.10 Å². The van der Waals surface area contributed by atoms with Crippen molar-refractivity contribution in [3.05, 3.63) is 89.9 Å². The molecule has 2 aromatic carbocycles. The van der Waals surface area contributed by atoms with Gasteiger partial charge in [-0.25, -0.2) is 4.39 Å². The minimum atomic E-state index is -1.37. The molecule has 1 unspecified atom stereocenters. The number of aliphatic imine (C=N–C) groups is 1. The molecule has 9 nitrogen and oxygen atoms in total. The Hall–Kier alpha value is -4.38. The maximum atomic E-state index is 15.3. The molecule has 1 amide bonds. The topological polar surface area (TPSA) is 124 Å². The number of ether oxygens (including phenoxy) is 1. The van der Waals surface area contributed by atoms with Crippen LogP contribution in [0.4, 0.5) is 4.39 Å². The van der Waals surface area contributed by atoms with Crippen LogP contribution in [0, 0.1) is 12.7 Å². The number of carbonyl (C=O) groups excluding carboxylic acids is 1. The van der Waals surface area contributed by atoms with Gasteiger partial charge in [0.15, 0.2) is 11.6 Å². The van der Waals surface area contributed by atoms with Gasteiger partial charge in [0, 0.05) is 41.3 Å². The molecule has 0 fully saturated rings. The zero-order valence-electron chi connectivity index (χ0n) is 22.7. The number of carbonyl (C=O) groups is 1. The molecule has 40 heavy (non-hydrogen) atoms. The Bertz CT molecular complexity index is 1590. The molecule has 0 saturated heterocycles. The van der Waals surface area contributed by atoms with Crippen LogP contribution in [0.3, 0.4) is 0 Å². The summed E-state index contributed by atoms with van der Waals surface area (Å²) >= 11 is 0. The summed E-state index contributed by atoms with van der Waals surface area (Å²) in [6.07, 6.45) is 7.62. The van der Waals surface area contributed by atoms with E-state index in [1.807, 2.05) is 20.8 Å². The first-order valence-corrected chi connectivity index (χ1v) is 13.8. The molecule has 4 aromatic rings. The van der Waals surface area contributed by atoms with Crippen LogP contribution in [0.15, 0.2) is 82.8 Å². The van der Waals surface area contributed by atoms with Crippen LogP contribution >= 0.6 is 0 Å². The van der Waals surface area contributed by atoms with Crippen molar-refractivity contribution < 1.29 is 18.1 Å². The molecule has 0 radical (unpaired) electrons. The van der Waals surface area contributed by atoms with Crippen molar-refractivity contribution in [2.45, 2.75) is 50.4 Å². The predicted molar refractivity (Wildman–Crippen MR) is 154 cm³/mol. The number of hydrogen-bond acceptors (Lipinski definition) is 7. The van der Waals surface area contributed by atoms with Gasteiger partial charge in [0.1, 0.15) is 11.6 Å². The molecule has 208 valence electrons. The first-order valence-electron chi connectivity index (χ1n) is 12.5. The molecule has 0 spiro atoms. The lowest BCUT2D eigenvalue weighted by Gasteiger charge is -2.14. The van der Waals surface area contributed by atoms with Crippen LogP contribution < -0.4 is 15.8 Å². The van der Waals surface area contributed by atoms with E-state index in [1.54, 1.807) is 66.6 Å². The average molecular weight is 563 g/mol. The Kier molecular flexibility index (Phi) is 8.73. The van der Waals surface area contributed by atoms with Gasteiger partial charge in [0.05, 0.1) is 34.0 Å². The van der Waals surface area contributed by atoms with Gasteiger partial charge < -0.3 is 15.8 Å². The summed E-state index contributed by atoms with van der Waals surface area (Å²) in [7, 11) is -1.37. The molecule has 2 heterocycles. The smallest absolute Gasteiger partial charge is 0.228 e. The van der Waals surface area contributed by atoms with E-state index in [2.05, 4.69) is 20.4 Å². The summed E-state index contributed by atoms with van der Waals surface area (Å²) < 4.78 is 35.8. The second-order valence-electron chi connectivity index (χ2n) is 10.1. The highest BCUT2D eigenvalue weighted by Crippen LogP contribution is 2.34. The number of aromatic nitrogens is 3. The molecule has 4 rings (SSSR count). The SMILES string of the molecule is Cc1cc(CC(=O)N/C(C=NC(C)(C)C)=C/N)cc(F)c1Oc1ccnc2ccc(S(=O)Cn3cccn3)cc12. The molecule has 2 aromatic heterocycles. The van der Waals surface area contributed by atoms with Gasteiger partial charge in [0.25, 0.3) is 0 Å². The van der Waals surface area contributed by atoms with E-state index in [4.69, 9.17) is 10.5 Å². The Labute approximate surface area is 234 Å². The van der Waals surface area contributed by atoms with Crippen molar-refractivity contribution in [2.24, 2.45) is 10.7 Å². The minimum absolute atomic E-state index is 0.0274. The third kappa shape index (κ3) is 7.38. The van der Waals surface area contributed by atoms with Gasteiger partial charge in [0.2, 0.25) is 5.91 Å². The lowest BCUT2D eigenvalue weighted by molar-refractivity contribution is -0.119. The number of aryl methyl sites for hydroxylation is 1. The van der Waals surface area contributed by atoms with Crippen LogP contribution in [0.2, 0.25) is 0 Å². The van der Waals surface area contributed by atoms with Crippen LogP contribution in [0.5, 0.6) is 11.5 Å². The molecule has 0 saturated carbocycles. The first kappa shape index (κ1) is 28.6. The number of fused-ring (bicyclic) bond motifs is 1. The molecule has 0 aliphatic heterocycles. The highest BCUT2D eigenvalue weighted by molar-refractivity contribution is 7.84. The van der Waals surface area contributed by atoms with Crippen LogP contribution in [-0.2, 0) is 27.9 Å². The molecule has 0 aliphatic rings. The van der Waals surface area contributed by atoms with E-state index in [1.165, 1.54) is 18.5 Å². The molecule has 3 N–H and O–H groups in total. The van der Waals surface area contributed by atoms with Crippen LogP contribution in [-0.4, -0.2) is 36.6 Å². The normalized spacial score (nSPS) is 13.1. The molecule has 11 heteroatoms. The summed E-state index contributed by atoms with van der Waals surface area (Å²) in [5.74, 6) is -0.384. The summed E-state index contributed by atoms with van der Waals surface area (Å²) in [6.45, 7) is 7.47. The molecule has 1 atom stereocenters. The number of halogens is 1. The molecule has 0 bridgehead atoms. The molecular formula is C29H31FN6O3S. The lowest BCUT2D eigenvalue weighted by Crippen LogP contribution is -2.26. The Morgan fingerprint density at radius 3 is 2.70 bits per heavy atom. The van der Waals surface area contributed by atoms with Crippen molar-refractivity contribution in [2.75, 3.05) is 0 Å². The highest BCUT2D eigenvalue weighted by Gasteiger charge is 2.16. The zero-order valence-corrected chi connectivity index (χ0v) is 23.5. The second kappa shape index (κ2) is 12.2. The fourth-order valence-corrected chi connectivity index (χ4v) is 4.83. The zero-order chi connectivity index (χ0) is 28.9. The summed E-state index contributed by atoms with van der Waals surface area (Å²) in [4.78, 5) is 21.8. The number of hydrogen-bond donors (Lipinski definition) is 2. The van der Waals surface area contributed by atoms with E-state index in [-0.39, 0.29) is 29.5 Å². The third-order valence-corrected chi connectivity index (χ3v) is 6.94. The highest BCUT2D eigenvalue weighted by atomic mass is 32.2. The third-order valence-electron chi connectivity index (χ3n) is 5.66. The van der Waals surface area contributed by atoms with E-state index in [0.717, 1.165) is 0 Å². The Morgan fingerprint density at radius 1 is 1.23 bits per heavy atom. The number of allylic oxidation sites excluding steroid dienone is 1. The van der Waals surface area contributed by atoms with Crippen LogP contribution in [0.25, 0.3) is 10.9 Å². The standard InChI is InChI=1S/C29H31FN6O3S/c1-19-12-20(14-27(37)35-21(16-31)17-33-29(2,3)4)13-24(30)28(19)39-26-8-10-32-25-7-6-22(15-23(25)26)40(38)18-36-11-5-9-34-36/h5-13,15-17H,14,18,31H2,1-4H3,(H,35,37)/b21-16+,33-17?. The van der Waals surface area contributed by atoms with E-state index < -0.39 is 16.6 Å². The van der Waals surface area contributed by atoms with E-state index >= 15 is 4.39 Å². The van der Waals surface area contributed by atoms with E-state index in [0.29, 0.717) is 38.4 Å². The monoisotopic (exact) mass is 562 g/mol. The van der Waals surface area contributed by atoms with Crippen LogP contribution in [0.1, 0.15) is 31.9 Å². The molecule has 0 aliphatic carbocycles. The number of amides is 1. The van der Waals surface area contributed by atoms with Gasteiger partial charge in [-0.1, -0.05) is 6.07 Å². The minimum Gasteiger partial charge on any atom is -0.453 e. The maximum Gasteiger partial charge on any atom is 0.228 e. The summed E-state index contributed by atoms with van der Waals surface area (Å²) in [6, 6.07) is 11.6. The van der Waals surface area contributed by atoms with Crippen molar-refractivity contribution in [1.29, 1.82) is 0 Å². The van der Waals surface area contributed by atoms with E-state index in [9.17, 15) is 9.00 Å². The van der Waals surface area contributed by atoms with Gasteiger partial charge in [-0.3, -0.25) is 23.7 Å². The van der Waals surface area contributed by atoms with Crippen molar-refractivity contribution in [3.8, 4) is 11.5 Å². The fraction of sp³-hybridized carbons (Fsp3) is 0.241. The Morgan fingerprint density at radius 2 is 2.02 bits per heavy atom. The molecular weight excluding hydrogens is 531 g/mol. The van der Waals surface area contributed by atoms with Crippen molar-refractivity contribution in [3.63, 3.8) is 0 Å². The van der Waals surface area contributed by atoms with Gasteiger partial charge in [-0.15, -0.1) is 0 Å². The maximum absolute atomic E-state index is 15.3. The number of benzene rings is 2. The number of rotatable bonds is 9. The quantitative estimate of drug-likeness (QED) is 0.283.